The van der Waals surface area contributed by atoms with Crippen LogP contribution in [0.4, 0.5) is 11.4 Å². The standard InChI is InChI=1S/C20H25N3O6S/c1-5-22(6-2)30(27,28)18-10-14(3)15(4)19(12-18)21-20(24)13-29-17-9-7-8-16(11-17)23(25)26/h7-12H,5-6,13H2,1-4H3,(H,21,24). The highest BCUT2D eigenvalue weighted by atomic mass is 32.2. The quantitative estimate of drug-likeness (QED) is 0.477. The predicted octanol–water partition coefficient (Wildman–Crippen LogP) is 3.26. The summed E-state index contributed by atoms with van der Waals surface area (Å²) in [6.45, 7) is 7.36. The van der Waals surface area contributed by atoms with E-state index in [0.717, 1.165) is 11.1 Å². The fraction of sp³-hybridized carbons (Fsp3) is 0.350. The Morgan fingerprint density at radius 3 is 2.43 bits per heavy atom. The minimum Gasteiger partial charge on any atom is -0.484 e. The smallest absolute Gasteiger partial charge is 0.273 e. The van der Waals surface area contributed by atoms with Crippen molar-refractivity contribution >= 4 is 27.3 Å². The van der Waals surface area contributed by atoms with Gasteiger partial charge in [0.15, 0.2) is 6.61 Å². The summed E-state index contributed by atoms with van der Waals surface area (Å²) in [5, 5.41) is 13.5. The topological polar surface area (TPSA) is 119 Å². The maximum absolute atomic E-state index is 12.8. The molecule has 0 bridgehead atoms. The van der Waals surface area contributed by atoms with Gasteiger partial charge >= 0.3 is 0 Å². The van der Waals surface area contributed by atoms with E-state index in [-0.39, 0.29) is 22.9 Å². The van der Waals surface area contributed by atoms with Crippen molar-refractivity contribution in [3.8, 4) is 5.75 Å². The van der Waals surface area contributed by atoms with Crippen molar-refractivity contribution in [2.45, 2.75) is 32.6 Å². The molecular weight excluding hydrogens is 410 g/mol. The number of sulfonamides is 1. The monoisotopic (exact) mass is 435 g/mol. The molecule has 0 aliphatic rings. The second-order valence-corrected chi connectivity index (χ2v) is 8.53. The van der Waals surface area contributed by atoms with Crippen molar-refractivity contribution in [3.05, 3.63) is 57.6 Å². The number of nitrogens with one attached hydrogen (secondary N) is 1. The molecule has 0 spiro atoms. The van der Waals surface area contributed by atoms with E-state index in [0.29, 0.717) is 18.8 Å². The van der Waals surface area contributed by atoms with Gasteiger partial charge in [0, 0.05) is 24.8 Å². The molecule has 0 saturated carbocycles. The highest BCUT2D eigenvalue weighted by molar-refractivity contribution is 7.89. The van der Waals surface area contributed by atoms with Gasteiger partial charge < -0.3 is 10.1 Å². The lowest BCUT2D eigenvalue weighted by molar-refractivity contribution is -0.384. The SMILES string of the molecule is CCN(CC)S(=O)(=O)c1cc(C)c(C)c(NC(=O)COc2cccc([N+](=O)[O-])c2)c1. The molecule has 0 unspecified atom stereocenters. The third-order valence-electron chi connectivity index (χ3n) is 4.66. The fourth-order valence-electron chi connectivity index (χ4n) is 2.84. The third kappa shape index (κ3) is 5.33. The summed E-state index contributed by atoms with van der Waals surface area (Å²) in [6, 6.07) is 8.52. The molecule has 0 atom stereocenters. The number of nitro benzene ring substituents is 1. The van der Waals surface area contributed by atoms with Crippen LogP contribution in [0.25, 0.3) is 0 Å². The number of rotatable bonds is 9. The van der Waals surface area contributed by atoms with Gasteiger partial charge in [-0.2, -0.15) is 4.31 Å². The van der Waals surface area contributed by atoms with Crippen molar-refractivity contribution in [2.24, 2.45) is 0 Å². The van der Waals surface area contributed by atoms with E-state index < -0.39 is 20.9 Å². The van der Waals surface area contributed by atoms with Gasteiger partial charge in [0.2, 0.25) is 10.0 Å². The largest absolute Gasteiger partial charge is 0.484 e. The Balaban J connectivity index is 2.19. The number of ether oxygens (including phenoxy) is 1. The molecule has 0 saturated heterocycles. The highest BCUT2D eigenvalue weighted by Crippen LogP contribution is 2.26. The van der Waals surface area contributed by atoms with Crippen LogP contribution in [0.1, 0.15) is 25.0 Å². The predicted molar refractivity (Wildman–Crippen MR) is 113 cm³/mol. The Bertz CT molecular complexity index is 1050. The Labute approximate surface area is 175 Å². The number of amides is 1. The number of non-ortho nitro benzene ring substituents is 1. The fourth-order valence-corrected chi connectivity index (χ4v) is 4.41. The van der Waals surface area contributed by atoms with Crippen molar-refractivity contribution in [1.29, 1.82) is 0 Å². The number of hydrogen-bond donors (Lipinski definition) is 1. The molecule has 1 amide bonds. The average Bonchev–Trinajstić information content (AvgIpc) is 2.70. The minimum atomic E-state index is -3.68. The summed E-state index contributed by atoms with van der Waals surface area (Å²) in [7, 11) is -3.68. The van der Waals surface area contributed by atoms with Gasteiger partial charge in [0.1, 0.15) is 5.75 Å². The molecule has 30 heavy (non-hydrogen) atoms. The Morgan fingerprint density at radius 1 is 1.17 bits per heavy atom. The first-order chi connectivity index (χ1) is 14.1. The molecule has 2 aromatic carbocycles. The third-order valence-corrected chi connectivity index (χ3v) is 6.68. The van der Waals surface area contributed by atoms with Crippen molar-refractivity contribution in [2.75, 3.05) is 25.0 Å². The van der Waals surface area contributed by atoms with E-state index in [1.54, 1.807) is 33.8 Å². The zero-order chi connectivity index (χ0) is 22.5. The summed E-state index contributed by atoms with van der Waals surface area (Å²) in [5.41, 5.74) is 1.68. The number of anilines is 1. The van der Waals surface area contributed by atoms with Crippen molar-refractivity contribution in [1.82, 2.24) is 4.31 Å². The summed E-state index contributed by atoms with van der Waals surface area (Å²) in [5.74, 6) is -0.327. The molecule has 1 N–H and O–H groups in total. The highest BCUT2D eigenvalue weighted by Gasteiger charge is 2.23. The van der Waals surface area contributed by atoms with E-state index in [2.05, 4.69) is 5.32 Å². The summed E-state index contributed by atoms with van der Waals surface area (Å²) >= 11 is 0. The van der Waals surface area contributed by atoms with Gasteiger partial charge in [-0.05, 0) is 43.2 Å². The van der Waals surface area contributed by atoms with E-state index >= 15 is 0 Å². The number of carbonyl (C=O) groups excluding carboxylic acids is 1. The molecule has 162 valence electrons. The van der Waals surface area contributed by atoms with Gasteiger partial charge in [0.05, 0.1) is 15.9 Å². The van der Waals surface area contributed by atoms with E-state index in [9.17, 15) is 23.3 Å². The lowest BCUT2D eigenvalue weighted by Crippen LogP contribution is -2.31. The van der Waals surface area contributed by atoms with Crippen LogP contribution in [0.3, 0.4) is 0 Å². The van der Waals surface area contributed by atoms with Crippen LogP contribution < -0.4 is 10.1 Å². The molecule has 0 heterocycles. The Kier molecular flexibility index (Phi) is 7.52. The first kappa shape index (κ1) is 23.3. The second kappa shape index (κ2) is 9.68. The summed E-state index contributed by atoms with van der Waals surface area (Å²) < 4.78 is 32.3. The van der Waals surface area contributed by atoms with Gasteiger partial charge in [-0.3, -0.25) is 14.9 Å². The van der Waals surface area contributed by atoms with Crippen LogP contribution >= 0.6 is 0 Å². The van der Waals surface area contributed by atoms with Crippen LogP contribution in [-0.2, 0) is 14.8 Å². The molecule has 2 aromatic rings. The normalized spacial score (nSPS) is 11.4. The minimum absolute atomic E-state index is 0.101. The molecule has 0 aliphatic heterocycles. The van der Waals surface area contributed by atoms with Gasteiger partial charge in [0.25, 0.3) is 11.6 Å². The summed E-state index contributed by atoms with van der Waals surface area (Å²) in [4.78, 5) is 22.7. The molecule has 0 fully saturated rings. The molecule has 0 aliphatic carbocycles. The number of benzene rings is 2. The van der Waals surface area contributed by atoms with E-state index in [1.807, 2.05) is 0 Å². The number of nitro groups is 1. The van der Waals surface area contributed by atoms with E-state index in [4.69, 9.17) is 4.74 Å². The summed E-state index contributed by atoms with van der Waals surface area (Å²) in [6.07, 6.45) is 0. The first-order valence-electron chi connectivity index (χ1n) is 9.38. The molecule has 0 radical (unpaired) electrons. The average molecular weight is 436 g/mol. The first-order valence-corrected chi connectivity index (χ1v) is 10.8. The van der Waals surface area contributed by atoms with Crippen molar-refractivity contribution in [3.63, 3.8) is 0 Å². The maximum atomic E-state index is 12.8. The zero-order valence-corrected chi connectivity index (χ0v) is 18.2. The van der Waals surface area contributed by atoms with Crippen molar-refractivity contribution < 1.29 is 22.9 Å². The Hall–Kier alpha value is -2.98. The maximum Gasteiger partial charge on any atom is 0.273 e. The molecule has 10 heteroatoms. The van der Waals surface area contributed by atoms with Crippen LogP contribution in [0.5, 0.6) is 5.75 Å². The van der Waals surface area contributed by atoms with Gasteiger partial charge in [-0.15, -0.1) is 0 Å². The Morgan fingerprint density at radius 2 is 1.83 bits per heavy atom. The molecular formula is C20H25N3O6S. The van der Waals surface area contributed by atoms with Crippen LogP contribution in [-0.4, -0.2) is 43.2 Å². The molecule has 2 rings (SSSR count). The van der Waals surface area contributed by atoms with Crippen LogP contribution in [0.15, 0.2) is 41.3 Å². The second-order valence-electron chi connectivity index (χ2n) is 6.59. The number of nitrogens with zero attached hydrogens (tertiary/aromatic N) is 2. The lowest BCUT2D eigenvalue weighted by Gasteiger charge is -2.20. The molecule has 9 nitrogen and oxygen atoms in total. The van der Waals surface area contributed by atoms with E-state index in [1.165, 1.54) is 34.6 Å². The van der Waals surface area contributed by atoms with Crippen LogP contribution in [0.2, 0.25) is 0 Å². The lowest BCUT2D eigenvalue weighted by atomic mass is 10.1. The number of aryl methyl sites for hydroxylation is 1. The number of carbonyl (C=O) groups is 1. The number of hydrogen-bond acceptors (Lipinski definition) is 6. The van der Waals surface area contributed by atoms with Crippen LogP contribution in [0, 0.1) is 24.0 Å². The van der Waals surface area contributed by atoms with Gasteiger partial charge in [-0.1, -0.05) is 19.9 Å². The van der Waals surface area contributed by atoms with Gasteiger partial charge in [-0.25, -0.2) is 8.42 Å². The molecule has 0 aromatic heterocycles. The zero-order valence-electron chi connectivity index (χ0n) is 17.3.